The SMILES string of the molecule is CC(C)(C)c1cn(CC2(O)CCCC2)c(=N)s1. The maximum Gasteiger partial charge on any atom is 0.182 e. The lowest BCUT2D eigenvalue weighted by molar-refractivity contribution is 0.0290. The van der Waals surface area contributed by atoms with E-state index < -0.39 is 5.60 Å². The zero-order valence-electron chi connectivity index (χ0n) is 10.9. The summed E-state index contributed by atoms with van der Waals surface area (Å²) in [6, 6.07) is 0. The molecule has 17 heavy (non-hydrogen) atoms. The molecular formula is C13H22N2OS. The summed E-state index contributed by atoms with van der Waals surface area (Å²) >= 11 is 1.52. The minimum Gasteiger partial charge on any atom is -0.388 e. The van der Waals surface area contributed by atoms with Gasteiger partial charge >= 0.3 is 0 Å². The molecule has 96 valence electrons. The van der Waals surface area contributed by atoms with Gasteiger partial charge in [0.1, 0.15) is 0 Å². The van der Waals surface area contributed by atoms with Crippen LogP contribution >= 0.6 is 11.3 Å². The average molecular weight is 254 g/mol. The molecule has 0 saturated heterocycles. The zero-order chi connectivity index (χ0) is 12.7. The van der Waals surface area contributed by atoms with E-state index >= 15 is 0 Å². The quantitative estimate of drug-likeness (QED) is 0.837. The third-order valence-electron chi connectivity index (χ3n) is 3.48. The Balaban J connectivity index is 2.22. The molecule has 0 spiro atoms. The van der Waals surface area contributed by atoms with E-state index in [2.05, 4.69) is 20.8 Å². The lowest BCUT2D eigenvalue weighted by atomic mass is 9.95. The molecule has 1 saturated carbocycles. The highest BCUT2D eigenvalue weighted by Crippen LogP contribution is 2.31. The maximum atomic E-state index is 10.4. The molecule has 0 aromatic carbocycles. The molecule has 1 aliphatic carbocycles. The summed E-state index contributed by atoms with van der Waals surface area (Å²) in [5, 5.41) is 18.4. The number of hydrogen-bond acceptors (Lipinski definition) is 3. The maximum absolute atomic E-state index is 10.4. The first kappa shape index (κ1) is 12.8. The van der Waals surface area contributed by atoms with Gasteiger partial charge in [-0.15, -0.1) is 11.3 Å². The van der Waals surface area contributed by atoms with Crippen LogP contribution < -0.4 is 4.80 Å². The van der Waals surface area contributed by atoms with Crippen molar-refractivity contribution in [3.63, 3.8) is 0 Å². The van der Waals surface area contributed by atoms with Crippen molar-refractivity contribution in [2.24, 2.45) is 0 Å². The average Bonchev–Trinajstić information content (AvgIpc) is 2.74. The first-order valence-corrected chi connectivity index (χ1v) is 7.10. The van der Waals surface area contributed by atoms with Crippen LogP contribution in [-0.2, 0) is 12.0 Å². The summed E-state index contributed by atoms with van der Waals surface area (Å²) in [7, 11) is 0. The molecule has 1 aromatic rings. The van der Waals surface area contributed by atoms with E-state index in [1.54, 1.807) is 0 Å². The number of aliphatic hydroxyl groups is 1. The lowest BCUT2D eigenvalue weighted by Gasteiger charge is -2.22. The van der Waals surface area contributed by atoms with Gasteiger partial charge in [-0.1, -0.05) is 33.6 Å². The molecule has 0 aliphatic heterocycles. The Bertz CT molecular complexity index is 447. The van der Waals surface area contributed by atoms with Crippen molar-refractivity contribution in [1.29, 1.82) is 5.41 Å². The second-order valence-corrected chi connectivity index (χ2v) is 7.24. The van der Waals surface area contributed by atoms with Crippen LogP contribution in [0.1, 0.15) is 51.3 Å². The van der Waals surface area contributed by atoms with E-state index in [4.69, 9.17) is 5.41 Å². The molecule has 1 aromatic heterocycles. The van der Waals surface area contributed by atoms with Gasteiger partial charge in [0.15, 0.2) is 4.80 Å². The van der Waals surface area contributed by atoms with Crippen molar-refractivity contribution in [2.45, 2.75) is 64.0 Å². The van der Waals surface area contributed by atoms with E-state index in [1.807, 2.05) is 10.8 Å². The summed E-state index contributed by atoms with van der Waals surface area (Å²) < 4.78 is 1.91. The molecule has 4 heteroatoms. The topological polar surface area (TPSA) is 49.0 Å². The summed E-state index contributed by atoms with van der Waals surface area (Å²) in [5.41, 5.74) is -0.485. The number of thiazole rings is 1. The molecule has 0 unspecified atom stereocenters. The number of rotatable bonds is 2. The van der Waals surface area contributed by atoms with Crippen LogP contribution in [0.2, 0.25) is 0 Å². The first-order chi connectivity index (χ1) is 7.80. The fourth-order valence-corrected chi connectivity index (χ4v) is 3.29. The van der Waals surface area contributed by atoms with Crippen LogP contribution in [0.4, 0.5) is 0 Å². The number of aromatic nitrogens is 1. The number of nitrogens with one attached hydrogen (secondary N) is 1. The van der Waals surface area contributed by atoms with Gasteiger partial charge < -0.3 is 9.67 Å². The Morgan fingerprint density at radius 2 is 2.00 bits per heavy atom. The zero-order valence-corrected chi connectivity index (χ0v) is 11.7. The van der Waals surface area contributed by atoms with E-state index in [0.29, 0.717) is 11.3 Å². The van der Waals surface area contributed by atoms with Crippen molar-refractivity contribution < 1.29 is 5.11 Å². The molecule has 1 fully saturated rings. The molecular weight excluding hydrogens is 232 g/mol. The highest BCUT2D eigenvalue weighted by molar-refractivity contribution is 7.09. The van der Waals surface area contributed by atoms with Gasteiger partial charge in [-0.2, -0.15) is 0 Å². The Labute approximate surface area is 107 Å². The van der Waals surface area contributed by atoms with Gasteiger partial charge in [0.05, 0.1) is 12.1 Å². The van der Waals surface area contributed by atoms with Crippen molar-refractivity contribution in [2.75, 3.05) is 0 Å². The van der Waals surface area contributed by atoms with Gasteiger partial charge in [-0.3, -0.25) is 5.41 Å². The van der Waals surface area contributed by atoms with Crippen LogP contribution in [0.5, 0.6) is 0 Å². The Hall–Kier alpha value is -0.610. The first-order valence-electron chi connectivity index (χ1n) is 6.28. The predicted molar refractivity (Wildman–Crippen MR) is 70.3 cm³/mol. The Morgan fingerprint density at radius 1 is 1.41 bits per heavy atom. The van der Waals surface area contributed by atoms with Crippen molar-refractivity contribution in [3.8, 4) is 0 Å². The smallest absolute Gasteiger partial charge is 0.182 e. The Morgan fingerprint density at radius 3 is 2.47 bits per heavy atom. The van der Waals surface area contributed by atoms with E-state index in [9.17, 15) is 5.11 Å². The van der Waals surface area contributed by atoms with Gasteiger partial charge in [0.25, 0.3) is 0 Å². The second kappa shape index (κ2) is 4.25. The van der Waals surface area contributed by atoms with Gasteiger partial charge in [0, 0.05) is 11.1 Å². The fraction of sp³-hybridized carbons (Fsp3) is 0.769. The Kier molecular flexibility index (Phi) is 3.21. The standard InChI is InChI=1S/C13H22N2OS/c1-12(2,3)10-8-15(11(14)17-10)9-13(16)6-4-5-7-13/h8,14,16H,4-7,9H2,1-3H3. The van der Waals surface area contributed by atoms with Crippen LogP contribution in [0.25, 0.3) is 0 Å². The molecule has 0 radical (unpaired) electrons. The third-order valence-corrected chi connectivity index (χ3v) is 4.84. The lowest BCUT2D eigenvalue weighted by Crippen LogP contribution is -2.33. The molecule has 1 aliphatic rings. The van der Waals surface area contributed by atoms with Crippen LogP contribution in [-0.4, -0.2) is 15.3 Å². The molecule has 0 bridgehead atoms. The molecule has 3 nitrogen and oxygen atoms in total. The molecule has 0 amide bonds. The van der Waals surface area contributed by atoms with E-state index in [-0.39, 0.29) is 5.41 Å². The van der Waals surface area contributed by atoms with Gasteiger partial charge in [-0.05, 0) is 18.3 Å². The largest absolute Gasteiger partial charge is 0.388 e. The number of hydrogen-bond donors (Lipinski definition) is 2. The fourth-order valence-electron chi connectivity index (χ4n) is 2.36. The summed E-state index contributed by atoms with van der Waals surface area (Å²) in [5.74, 6) is 0. The van der Waals surface area contributed by atoms with Crippen molar-refractivity contribution >= 4 is 11.3 Å². The predicted octanol–water partition coefficient (Wildman–Crippen LogP) is 2.63. The monoisotopic (exact) mass is 254 g/mol. The molecule has 2 rings (SSSR count). The highest BCUT2D eigenvalue weighted by atomic mass is 32.1. The minimum absolute atomic E-state index is 0.0873. The summed E-state index contributed by atoms with van der Waals surface area (Å²) in [6.45, 7) is 7.06. The minimum atomic E-state index is -0.573. The van der Waals surface area contributed by atoms with Crippen LogP contribution in [0, 0.1) is 5.41 Å². The van der Waals surface area contributed by atoms with Crippen LogP contribution in [0.3, 0.4) is 0 Å². The normalized spacial score (nSPS) is 19.8. The summed E-state index contributed by atoms with van der Waals surface area (Å²) in [4.78, 5) is 1.76. The van der Waals surface area contributed by atoms with Crippen LogP contribution in [0.15, 0.2) is 6.20 Å². The van der Waals surface area contributed by atoms with Gasteiger partial charge in [0.2, 0.25) is 0 Å². The molecule has 0 atom stereocenters. The second-order valence-electron chi connectivity index (χ2n) is 6.21. The third kappa shape index (κ3) is 2.80. The van der Waals surface area contributed by atoms with Crippen molar-refractivity contribution in [3.05, 3.63) is 15.9 Å². The van der Waals surface area contributed by atoms with E-state index in [1.165, 1.54) is 16.2 Å². The summed E-state index contributed by atoms with van der Waals surface area (Å²) in [6.07, 6.45) is 6.02. The molecule has 2 N–H and O–H groups in total. The van der Waals surface area contributed by atoms with Crippen molar-refractivity contribution in [1.82, 2.24) is 4.57 Å². The molecule has 1 heterocycles. The number of nitrogens with zero attached hydrogens (tertiary/aromatic N) is 1. The van der Waals surface area contributed by atoms with Gasteiger partial charge in [-0.25, -0.2) is 0 Å². The van der Waals surface area contributed by atoms with E-state index in [0.717, 1.165) is 25.7 Å². The highest BCUT2D eigenvalue weighted by Gasteiger charge is 2.32.